The molecule has 1 aliphatic rings. The summed E-state index contributed by atoms with van der Waals surface area (Å²) >= 11 is 5.55. The van der Waals surface area contributed by atoms with Gasteiger partial charge in [0.05, 0.1) is 22.4 Å². The molecule has 1 saturated carbocycles. The quantitative estimate of drug-likeness (QED) is 0.702. The van der Waals surface area contributed by atoms with Crippen LogP contribution >= 0.6 is 11.6 Å². The molecule has 2 rings (SSSR count). The normalized spacial score (nSPS) is 19.3. The van der Waals surface area contributed by atoms with Crippen molar-refractivity contribution in [3.63, 3.8) is 0 Å². The monoisotopic (exact) mass is 391 g/mol. The Morgan fingerprint density at radius 1 is 1.23 bits per heavy atom. The van der Waals surface area contributed by atoms with Crippen LogP contribution in [0.2, 0.25) is 5.02 Å². The number of nitrogens with one attached hydrogen (secondary N) is 2. The molecule has 2 atom stereocenters. The van der Waals surface area contributed by atoms with Gasteiger partial charge in [-0.1, -0.05) is 11.6 Å². The maximum atomic E-state index is 12.8. The Balaban J connectivity index is 1.85. The van der Waals surface area contributed by atoms with Crippen LogP contribution in [0.4, 0.5) is 18.9 Å². The molecule has 9 heteroatoms. The van der Waals surface area contributed by atoms with Gasteiger partial charge >= 0.3 is 6.18 Å². The number of alkyl halides is 3. The summed E-state index contributed by atoms with van der Waals surface area (Å²) in [6, 6.07) is 3.18. The molecule has 0 saturated heterocycles. The van der Waals surface area contributed by atoms with Crippen LogP contribution in [-0.4, -0.2) is 43.9 Å². The molecule has 0 radical (unpaired) electrons. The molecule has 1 fully saturated rings. The van der Waals surface area contributed by atoms with Crippen molar-refractivity contribution in [2.45, 2.75) is 19.0 Å². The van der Waals surface area contributed by atoms with E-state index in [-0.39, 0.29) is 11.6 Å². The van der Waals surface area contributed by atoms with Gasteiger partial charge in [-0.25, -0.2) is 0 Å². The van der Waals surface area contributed by atoms with Crippen LogP contribution < -0.4 is 10.6 Å². The van der Waals surface area contributed by atoms with E-state index in [1.54, 1.807) is 0 Å². The van der Waals surface area contributed by atoms with Crippen LogP contribution in [0.25, 0.3) is 0 Å². The molecular weight excluding hydrogens is 371 g/mol. The molecule has 0 bridgehead atoms. The third-order valence-electron chi connectivity index (χ3n) is 4.08. The van der Waals surface area contributed by atoms with Gasteiger partial charge in [-0.15, -0.1) is 0 Å². The van der Waals surface area contributed by atoms with Crippen LogP contribution in [0.3, 0.4) is 0 Å². The van der Waals surface area contributed by atoms with Crippen molar-refractivity contribution >= 4 is 29.1 Å². The maximum absolute atomic E-state index is 12.8. The van der Waals surface area contributed by atoms with Crippen LogP contribution in [0.1, 0.15) is 18.4 Å². The van der Waals surface area contributed by atoms with E-state index in [1.807, 2.05) is 19.0 Å². The number of amides is 2. The molecule has 144 valence electrons. The summed E-state index contributed by atoms with van der Waals surface area (Å²) in [5.41, 5.74) is -1.01. The van der Waals surface area contributed by atoms with Gasteiger partial charge in [0.25, 0.3) is 0 Å². The lowest BCUT2D eigenvalue weighted by Crippen LogP contribution is -2.30. The molecule has 0 aliphatic heterocycles. The minimum atomic E-state index is -4.60. The van der Waals surface area contributed by atoms with Crippen LogP contribution in [0.15, 0.2) is 18.2 Å². The van der Waals surface area contributed by atoms with Gasteiger partial charge in [-0.2, -0.15) is 13.2 Å². The Labute approximate surface area is 154 Å². The third-order valence-corrected chi connectivity index (χ3v) is 4.41. The molecule has 5 nitrogen and oxygen atoms in total. The molecule has 1 aliphatic carbocycles. The van der Waals surface area contributed by atoms with Crippen molar-refractivity contribution in [1.82, 2.24) is 10.2 Å². The molecule has 26 heavy (non-hydrogen) atoms. The summed E-state index contributed by atoms with van der Waals surface area (Å²) in [6.07, 6.45) is -3.41. The van der Waals surface area contributed by atoms with Crippen molar-refractivity contribution in [1.29, 1.82) is 0 Å². The Morgan fingerprint density at radius 3 is 2.50 bits per heavy atom. The number of anilines is 1. The zero-order valence-electron chi connectivity index (χ0n) is 14.5. The largest absolute Gasteiger partial charge is 0.417 e. The second-order valence-electron chi connectivity index (χ2n) is 6.58. The SMILES string of the molecule is CN(C)CCCNC(=O)C1CC1C(=O)Nc1ccc(Cl)c(C(F)(F)F)c1. The summed E-state index contributed by atoms with van der Waals surface area (Å²) in [5.74, 6) is -1.61. The second-order valence-corrected chi connectivity index (χ2v) is 6.99. The van der Waals surface area contributed by atoms with E-state index < -0.39 is 34.5 Å². The van der Waals surface area contributed by atoms with Gasteiger partial charge in [0.1, 0.15) is 0 Å². The average Bonchev–Trinajstić information content (AvgIpc) is 3.32. The highest BCUT2D eigenvalue weighted by Crippen LogP contribution is 2.40. The van der Waals surface area contributed by atoms with E-state index in [2.05, 4.69) is 10.6 Å². The molecule has 0 heterocycles. The highest BCUT2D eigenvalue weighted by Gasteiger charge is 2.48. The number of hydrogen-bond acceptors (Lipinski definition) is 3. The summed E-state index contributed by atoms with van der Waals surface area (Å²) in [4.78, 5) is 26.1. The Morgan fingerprint density at radius 2 is 1.88 bits per heavy atom. The standard InChI is InChI=1S/C17H21ClF3N3O2/c1-24(2)7-3-6-22-15(25)11-9-12(11)16(26)23-10-4-5-14(18)13(8-10)17(19,20)21/h4-5,8,11-12H,3,6-7,9H2,1-2H3,(H,22,25)(H,23,26). The van der Waals surface area contributed by atoms with Crippen molar-refractivity contribution < 1.29 is 22.8 Å². The topological polar surface area (TPSA) is 61.4 Å². The van der Waals surface area contributed by atoms with Gasteiger partial charge < -0.3 is 15.5 Å². The maximum Gasteiger partial charge on any atom is 0.417 e. The molecule has 0 aromatic heterocycles. The second kappa shape index (κ2) is 8.26. The first-order valence-corrected chi connectivity index (χ1v) is 8.57. The number of rotatable bonds is 7. The van der Waals surface area contributed by atoms with E-state index in [4.69, 9.17) is 11.6 Å². The summed E-state index contributed by atoms with van der Waals surface area (Å²) < 4.78 is 38.5. The highest BCUT2D eigenvalue weighted by atomic mass is 35.5. The van der Waals surface area contributed by atoms with Gasteiger partial charge in [0.2, 0.25) is 11.8 Å². The number of halogens is 4. The predicted molar refractivity (Wildman–Crippen MR) is 92.9 cm³/mol. The van der Waals surface area contributed by atoms with E-state index in [0.717, 1.165) is 25.1 Å². The Bertz CT molecular complexity index is 680. The van der Waals surface area contributed by atoms with Crippen LogP contribution in [0, 0.1) is 11.8 Å². The molecule has 2 N–H and O–H groups in total. The molecule has 0 spiro atoms. The number of carbonyl (C=O) groups excluding carboxylic acids is 2. The van der Waals surface area contributed by atoms with E-state index in [9.17, 15) is 22.8 Å². The average molecular weight is 392 g/mol. The summed E-state index contributed by atoms with van der Waals surface area (Å²) in [5, 5.41) is 4.77. The molecule has 2 unspecified atom stereocenters. The fourth-order valence-corrected chi connectivity index (χ4v) is 2.79. The fraction of sp³-hybridized carbons (Fsp3) is 0.529. The van der Waals surface area contributed by atoms with Gasteiger partial charge in [0, 0.05) is 12.2 Å². The minimum absolute atomic E-state index is 0.00349. The van der Waals surface area contributed by atoms with E-state index in [1.165, 1.54) is 6.07 Å². The third kappa shape index (κ3) is 5.60. The molecule has 1 aromatic rings. The first-order chi connectivity index (χ1) is 12.1. The van der Waals surface area contributed by atoms with Crippen molar-refractivity contribution in [3.8, 4) is 0 Å². The zero-order valence-corrected chi connectivity index (χ0v) is 15.2. The number of nitrogens with zero attached hydrogens (tertiary/aromatic N) is 1. The van der Waals surface area contributed by atoms with Crippen LogP contribution in [0.5, 0.6) is 0 Å². The van der Waals surface area contributed by atoms with E-state index in [0.29, 0.717) is 13.0 Å². The van der Waals surface area contributed by atoms with Crippen molar-refractivity contribution in [3.05, 3.63) is 28.8 Å². The zero-order chi connectivity index (χ0) is 19.5. The lowest BCUT2D eigenvalue weighted by atomic mass is 10.2. The lowest BCUT2D eigenvalue weighted by Gasteiger charge is -2.12. The van der Waals surface area contributed by atoms with Gasteiger partial charge in [0.15, 0.2) is 0 Å². The smallest absolute Gasteiger partial charge is 0.356 e. The Kier molecular flexibility index (Phi) is 6.52. The first kappa shape index (κ1) is 20.5. The first-order valence-electron chi connectivity index (χ1n) is 8.19. The summed E-state index contributed by atoms with van der Waals surface area (Å²) in [6.45, 7) is 1.36. The molecular formula is C17H21ClF3N3O2. The number of hydrogen-bond donors (Lipinski definition) is 2. The molecule has 1 aromatic carbocycles. The number of benzene rings is 1. The number of carbonyl (C=O) groups is 2. The lowest BCUT2D eigenvalue weighted by molar-refractivity contribution is -0.137. The molecule has 2 amide bonds. The van der Waals surface area contributed by atoms with Gasteiger partial charge in [-0.3, -0.25) is 9.59 Å². The summed E-state index contributed by atoms with van der Waals surface area (Å²) in [7, 11) is 3.87. The highest BCUT2D eigenvalue weighted by molar-refractivity contribution is 6.31. The minimum Gasteiger partial charge on any atom is -0.356 e. The van der Waals surface area contributed by atoms with E-state index >= 15 is 0 Å². The van der Waals surface area contributed by atoms with Crippen molar-refractivity contribution in [2.75, 3.05) is 32.5 Å². The van der Waals surface area contributed by atoms with Crippen LogP contribution in [-0.2, 0) is 15.8 Å². The predicted octanol–water partition coefficient (Wildman–Crippen LogP) is 3.00. The van der Waals surface area contributed by atoms with Crippen molar-refractivity contribution in [2.24, 2.45) is 11.8 Å². The fourth-order valence-electron chi connectivity index (χ4n) is 2.57. The Hall–Kier alpha value is -1.80. The van der Waals surface area contributed by atoms with Gasteiger partial charge in [-0.05, 0) is 51.7 Å².